The quantitative estimate of drug-likeness (QED) is 0.0634. The van der Waals surface area contributed by atoms with Crippen LogP contribution < -0.4 is 26.9 Å². The van der Waals surface area contributed by atoms with Crippen LogP contribution in [-0.4, -0.2) is 89.6 Å². The van der Waals surface area contributed by atoms with Gasteiger partial charge in [-0.15, -0.1) is 0 Å². The summed E-state index contributed by atoms with van der Waals surface area (Å²) in [6.45, 7) is -3.72. The number of nitrogens with zero attached hydrogens (tertiary/aromatic N) is 3. The summed E-state index contributed by atoms with van der Waals surface area (Å²) in [6.07, 6.45) is 3.95. The van der Waals surface area contributed by atoms with Gasteiger partial charge < -0.3 is 55.0 Å². The fourth-order valence-electron chi connectivity index (χ4n) is 6.21. The highest BCUT2D eigenvalue weighted by Crippen LogP contribution is 2.49. The fourth-order valence-corrected chi connectivity index (χ4v) is 6.21. The molecule has 1 unspecified atom stereocenters. The summed E-state index contributed by atoms with van der Waals surface area (Å²) in [6, 6.07) is 10.9. The van der Waals surface area contributed by atoms with Crippen molar-refractivity contribution in [3.8, 4) is 17.2 Å². The smallest absolute Gasteiger partial charge is 0.251 e. The van der Waals surface area contributed by atoms with Crippen molar-refractivity contribution in [2.75, 3.05) is 32.9 Å². The van der Waals surface area contributed by atoms with Gasteiger partial charge in [0.2, 0.25) is 22.7 Å². The second-order valence-corrected chi connectivity index (χ2v) is 11.0. The van der Waals surface area contributed by atoms with E-state index in [1.54, 1.807) is 18.2 Å². The van der Waals surface area contributed by atoms with E-state index in [0.29, 0.717) is 0 Å². The Morgan fingerprint density at radius 2 is 1.18 bits per heavy atom. The molecule has 0 saturated carbocycles. The topological polar surface area (TPSA) is 246 Å². The highest BCUT2D eigenvalue weighted by molar-refractivity contribution is 5.94. The third kappa shape index (κ3) is 7.11. The van der Waals surface area contributed by atoms with Crippen LogP contribution in [0, 0.1) is 0 Å². The Balaban J connectivity index is 2.32. The molecule has 8 N–H and O–H groups in total. The van der Waals surface area contributed by atoms with E-state index < -0.39 is 95.1 Å². The van der Waals surface area contributed by atoms with Crippen LogP contribution in [0.1, 0.15) is 33.4 Å². The largest absolute Gasteiger partial charge is 0.503 e. The van der Waals surface area contributed by atoms with E-state index in [9.17, 15) is 54.6 Å². The standard InChI is InChI=1S/C33H37N5O11/c39-15-12-36-9-6-23(43)27(46)26(36)22(18-34-20-42)33(19-35-32(49)21-4-2-1-3-5-21,30-28(47)24(44)7-10-37(30)13-16-40)31-29(48)25(45)8-11-38(31)14-17-41/h1-11,20,22,39-41,46-48H,12-19H2,(H,34,42)(H,35,49). The highest BCUT2D eigenvalue weighted by Gasteiger charge is 2.52. The van der Waals surface area contributed by atoms with Crippen molar-refractivity contribution in [2.24, 2.45) is 0 Å². The van der Waals surface area contributed by atoms with E-state index in [-0.39, 0.29) is 37.3 Å². The van der Waals surface area contributed by atoms with Gasteiger partial charge in [0, 0.05) is 81.0 Å². The average Bonchev–Trinajstić information content (AvgIpc) is 3.10. The van der Waals surface area contributed by atoms with Crippen LogP contribution >= 0.6 is 0 Å². The lowest BCUT2D eigenvalue weighted by Crippen LogP contribution is -2.53. The summed E-state index contributed by atoms with van der Waals surface area (Å²) >= 11 is 0. The minimum absolute atomic E-state index is 0.161. The Labute approximate surface area is 278 Å². The number of pyridine rings is 3. The number of aliphatic hydroxyl groups is 3. The molecule has 0 fully saturated rings. The number of benzene rings is 1. The summed E-state index contributed by atoms with van der Waals surface area (Å²) in [7, 11) is 0. The van der Waals surface area contributed by atoms with Crippen molar-refractivity contribution < 1.29 is 40.2 Å². The molecule has 4 aromatic rings. The maximum atomic E-state index is 13.7. The number of aliphatic hydroxyl groups excluding tert-OH is 3. The van der Waals surface area contributed by atoms with Gasteiger partial charge >= 0.3 is 0 Å². The van der Waals surface area contributed by atoms with Crippen molar-refractivity contribution in [1.82, 2.24) is 24.3 Å². The van der Waals surface area contributed by atoms with Crippen molar-refractivity contribution in [3.63, 3.8) is 0 Å². The molecule has 0 aliphatic heterocycles. The molecule has 0 bridgehead atoms. The number of hydrogen-bond acceptors (Lipinski definition) is 11. The van der Waals surface area contributed by atoms with Crippen LogP contribution in [0.2, 0.25) is 0 Å². The number of hydrogen-bond donors (Lipinski definition) is 8. The van der Waals surface area contributed by atoms with Crippen LogP contribution in [0.5, 0.6) is 17.2 Å². The zero-order chi connectivity index (χ0) is 35.7. The van der Waals surface area contributed by atoms with Gasteiger partial charge in [0.05, 0.1) is 42.3 Å². The van der Waals surface area contributed by atoms with Gasteiger partial charge in [0.15, 0.2) is 17.2 Å². The fraction of sp³-hybridized carbons (Fsp3) is 0.303. The number of carbonyl (C=O) groups excluding carboxylic acids is 2. The first kappa shape index (κ1) is 36.1. The molecule has 0 spiro atoms. The third-order valence-corrected chi connectivity index (χ3v) is 8.25. The summed E-state index contributed by atoms with van der Waals surface area (Å²) in [5, 5.41) is 70.1. The Bertz CT molecular complexity index is 1900. The first-order valence-electron chi connectivity index (χ1n) is 15.2. The molecule has 1 atom stereocenters. The number of aromatic hydroxyl groups is 3. The summed E-state index contributed by atoms with van der Waals surface area (Å²) in [5.74, 6) is -5.08. The Morgan fingerprint density at radius 3 is 1.67 bits per heavy atom. The minimum Gasteiger partial charge on any atom is -0.503 e. The van der Waals surface area contributed by atoms with Gasteiger partial charge in [0.25, 0.3) is 5.91 Å². The lowest BCUT2D eigenvalue weighted by molar-refractivity contribution is -0.109. The first-order chi connectivity index (χ1) is 23.6. The van der Waals surface area contributed by atoms with Gasteiger partial charge in [-0.1, -0.05) is 18.2 Å². The number of rotatable bonds is 16. The van der Waals surface area contributed by atoms with Crippen LogP contribution in [0.15, 0.2) is 81.5 Å². The van der Waals surface area contributed by atoms with Crippen molar-refractivity contribution >= 4 is 12.3 Å². The number of nitrogens with one attached hydrogen (secondary N) is 2. The predicted molar refractivity (Wildman–Crippen MR) is 175 cm³/mol. The van der Waals surface area contributed by atoms with E-state index in [4.69, 9.17) is 0 Å². The minimum atomic E-state index is -2.32. The molecule has 0 radical (unpaired) electrons. The van der Waals surface area contributed by atoms with E-state index in [1.807, 2.05) is 0 Å². The molecule has 16 nitrogen and oxygen atoms in total. The zero-order valence-corrected chi connectivity index (χ0v) is 26.2. The molecule has 49 heavy (non-hydrogen) atoms. The maximum absolute atomic E-state index is 13.7. The molecule has 1 aromatic carbocycles. The summed E-state index contributed by atoms with van der Waals surface area (Å²) in [5.41, 5.74) is -6.07. The van der Waals surface area contributed by atoms with Crippen LogP contribution in [0.4, 0.5) is 0 Å². The zero-order valence-electron chi connectivity index (χ0n) is 26.2. The monoisotopic (exact) mass is 679 g/mol. The molecule has 3 aromatic heterocycles. The SMILES string of the molecule is O=CNCC(c1c(O)c(=O)ccn1CCO)C(CNC(=O)c1ccccc1)(c1c(O)c(=O)ccn1CCO)c1c(O)c(=O)ccn1CCO. The van der Waals surface area contributed by atoms with Gasteiger partial charge in [0.1, 0.15) is 0 Å². The Morgan fingerprint density at radius 1 is 0.714 bits per heavy atom. The molecule has 16 heteroatoms. The Kier molecular flexibility index (Phi) is 11.7. The number of carbonyl (C=O) groups is 2. The van der Waals surface area contributed by atoms with Gasteiger partial charge in [-0.05, 0) is 12.1 Å². The molecule has 0 aliphatic carbocycles. The first-order valence-corrected chi connectivity index (χ1v) is 15.2. The van der Waals surface area contributed by atoms with E-state index in [1.165, 1.54) is 44.4 Å². The Hall–Kier alpha value is -5.71. The van der Waals surface area contributed by atoms with Gasteiger partial charge in [-0.25, -0.2) is 0 Å². The molecule has 260 valence electrons. The summed E-state index contributed by atoms with van der Waals surface area (Å²) in [4.78, 5) is 65.2. The second kappa shape index (κ2) is 15.9. The van der Waals surface area contributed by atoms with Gasteiger partial charge in [-0.3, -0.25) is 24.0 Å². The normalized spacial score (nSPS) is 12.0. The van der Waals surface area contributed by atoms with E-state index >= 15 is 0 Å². The van der Waals surface area contributed by atoms with Gasteiger partial charge in [-0.2, -0.15) is 0 Å². The highest BCUT2D eigenvalue weighted by atomic mass is 16.3. The van der Waals surface area contributed by atoms with Crippen LogP contribution in [-0.2, 0) is 29.8 Å². The van der Waals surface area contributed by atoms with Crippen molar-refractivity contribution in [3.05, 3.63) is 120 Å². The van der Waals surface area contributed by atoms with Crippen LogP contribution in [0.25, 0.3) is 0 Å². The maximum Gasteiger partial charge on any atom is 0.251 e. The third-order valence-electron chi connectivity index (χ3n) is 8.25. The predicted octanol–water partition coefficient (Wildman–Crippen LogP) is -1.49. The lowest BCUT2D eigenvalue weighted by atomic mass is 9.66. The van der Waals surface area contributed by atoms with Crippen molar-refractivity contribution in [1.29, 1.82) is 0 Å². The van der Waals surface area contributed by atoms with E-state index in [2.05, 4.69) is 10.6 Å². The number of amides is 2. The molecule has 2 amide bonds. The van der Waals surface area contributed by atoms with Crippen LogP contribution in [0.3, 0.4) is 0 Å². The molecule has 3 heterocycles. The average molecular weight is 680 g/mol. The number of aromatic nitrogens is 3. The molecular weight excluding hydrogens is 642 g/mol. The molecular formula is C33H37N5O11. The van der Waals surface area contributed by atoms with E-state index in [0.717, 1.165) is 18.2 Å². The summed E-state index contributed by atoms with van der Waals surface area (Å²) < 4.78 is 3.73. The lowest BCUT2D eigenvalue weighted by Gasteiger charge is -2.44. The molecule has 0 saturated heterocycles. The second-order valence-electron chi connectivity index (χ2n) is 11.0. The molecule has 4 rings (SSSR count). The van der Waals surface area contributed by atoms with Crippen molar-refractivity contribution in [2.45, 2.75) is 31.0 Å². The molecule has 0 aliphatic rings.